The Morgan fingerprint density at radius 1 is 1.17 bits per heavy atom. The molecule has 1 aliphatic carbocycles. The minimum atomic E-state index is 0.471. The van der Waals surface area contributed by atoms with Gasteiger partial charge in [-0.1, -0.05) is 48.0 Å². The molecule has 4 heteroatoms. The standard InChI is InChI=1S/C20H22N4/c1-15-5-6-18-7-8-20(19(18)9-15)22-11-16-3-2-4-17(10-16)12-24-14-21-13-23-24/h2-6,9-10,13-14,20,22H,7-8,11-12H2,1H3/t20-/m0/s1. The van der Waals surface area contributed by atoms with Crippen molar-refractivity contribution in [1.82, 2.24) is 20.1 Å². The fourth-order valence-electron chi connectivity index (χ4n) is 3.51. The molecule has 1 heterocycles. The zero-order valence-electron chi connectivity index (χ0n) is 13.9. The number of hydrogen-bond acceptors (Lipinski definition) is 3. The Hall–Kier alpha value is -2.46. The molecule has 0 fully saturated rings. The lowest BCUT2D eigenvalue weighted by Crippen LogP contribution is -2.18. The molecule has 0 aliphatic heterocycles. The number of rotatable bonds is 5. The number of nitrogens with one attached hydrogen (secondary N) is 1. The number of nitrogens with zero attached hydrogens (tertiary/aromatic N) is 3. The predicted octanol–water partition coefficient (Wildman–Crippen LogP) is 3.41. The van der Waals surface area contributed by atoms with Gasteiger partial charge in [0.15, 0.2) is 0 Å². The molecule has 0 unspecified atom stereocenters. The summed E-state index contributed by atoms with van der Waals surface area (Å²) in [4.78, 5) is 4.00. The second-order valence-electron chi connectivity index (χ2n) is 6.59. The lowest BCUT2D eigenvalue weighted by atomic mass is 10.0. The van der Waals surface area contributed by atoms with Gasteiger partial charge in [-0.25, -0.2) is 9.67 Å². The first-order chi connectivity index (χ1) is 11.8. The molecule has 0 saturated carbocycles. The highest BCUT2D eigenvalue weighted by Crippen LogP contribution is 2.31. The number of fused-ring (bicyclic) bond motifs is 1. The van der Waals surface area contributed by atoms with Gasteiger partial charge in [-0.3, -0.25) is 0 Å². The Bertz CT molecular complexity index is 823. The van der Waals surface area contributed by atoms with Crippen LogP contribution < -0.4 is 5.32 Å². The third-order valence-corrected chi connectivity index (χ3v) is 4.73. The molecule has 24 heavy (non-hydrogen) atoms. The van der Waals surface area contributed by atoms with Crippen molar-refractivity contribution in [1.29, 1.82) is 0 Å². The van der Waals surface area contributed by atoms with Gasteiger partial charge in [0.05, 0.1) is 6.54 Å². The van der Waals surface area contributed by atoms with Crippen molar-refractivity contribution >= 4 is 0 Å². The summed E-state index contributed by atoms with van der Waals surface area (Å²) >= 11 is 0. The molecule has 2 aromatic carbocycles. The van der Waals surface area contributed by atoms with Crippen LogP contribution in [-0.2, 0) is 19.5 Å². The fourth-order valence-corrected chi connectivity index (χ4v) is 3.51. The van der Waals surface area contributed by atoms with E-state index in [1.807, 2.05) is 4.68 Å². The summed E-state index contributed by atoms with van der Waals surface area (Å²) in [7, 11) is 0. The number of hydrogen-bond donors (Lipinski definition) is 1. The van der Waals surface area contributed by atoms with Crippen LogP contribution in [0, 0.1) is 6.92 Å². The Morgan fingerprint density at radius 2 is 2.08 bits per heavy atom. The second-order valence-corrected chi connectivity index (χ2v) is 6.59. The van der Waals surface area contributed by atoms with Gasteiger partial charge in [0.1, 0.15) is 12.7 Å². The van der Waals surface area contributed by atoms with Gasteiger partial charge in [0.2, 0.25) is 0 Å². The van der Waals surface area contributed by atoms with Gasteiger partial charge in [-0.15, -0.1) is 0 Å². The van der Waals surface area contributed by atoms with Crippen LogP contribution >= 0.6 is 0 Å². The van der Waals surface area contributed by atoms with E-state index < -0.39 is 0 Å². The average molecular weight is 318 g/mol. The van der Waals surface area contributed by atoms with E-state index in [-0.39, 0.29) is 0 Å². The quantitative estimate of drug-likeness (QED) is 0.784. The average Bonchev–Trinajstić information content (AvgIpc) is 3.23. The van der Waals surface area contributed by atoms with E-state index in [0.29, 0.717) is 6.04 Å². The monoisotopic (exact) mass is 318 g/mol. The van der Waals surface area contributed by atoms with E-state index in [1.165, 1.54) is 40.7 Å². The van der Waals surface area contributed by atoms with Gasteiger partial charge < -0.3 is 5.32 Å². The van der Waals surface area contributed by atoms with Crippen molar-refractivity contribution in [2.24, 2.45) is 0 Å². The fraction of sp³-hybridized carbons (Fsp3) is 0.300. The maximum absolute atomic E-state index is 4.17. The molecule has 1 N–H and O–H groups in total. The lowest BCUT2D eigenvalue weighted by molar-refractivity contribution is 0.530. The van der Waals surface area contributed by atoms with Crippen molar-refractivity contribution in [3.63, 3.8) is 0 Å². The first-order valence-electron chi connectivity index (χ1n) is 8.51. The molecule has 0 spiro atoms. The maximum Gasteiger partial charge on any atom is 0.137 e. The first kappa shape index (κ1) is 15.1. The summed E-state index contributed by atoms with van der Waals surface area (Å²) < 4.78 is 1.85. The van der Waals surface area contributed by atoms with Crippen LogP contribution in [0.2, 0.25) is 0 Å². The number of aromatic nitrogens is 3. The van der Waals surface area contributed by atoms with E-state index >= 15 is 0 Å². The van der Waals surface area contributed by atoms with Crippen molar-refractivity contribution in [3.8, 4) is 0 Å². The van der Waals surface area contributed by atoms with Gasteiger partial charge >= 0.3 is 0 Å². The Kier molecular flexibility index (Phi) is 4.13. The largest absolute Gasteiger partial charge is 0.306 e. The van der Waals surface area contributed by atoms with E-state index in [9.17, 15) is 0 Å². The van der Waals surface area contributed by atoms with Crippen LogP contribution in [0.5, 0.6) is 0 Å². The van der Waals surface area contributed by atoms with Gasteiger partial charge in [-0.05, 0) is 42.0 Å². The summed E-state index contributed by atoms with van der Waals surface area (Å²) in [6, 6.07) is 16.0. The molecule has 0 saturated heterocycles. The number of benzene rings is 2. The van der Waals surface area contributed by atoms with E-state index in [4.69, 9.17) is 0 Å². The molecule has 1 aromatic heterocycles. The number of aryl methyl sites for hydroxylation is 2. The summed E-state index contributed by atoms with van der Waals surface area (Å²) in [5.41, 5.74) is 6.89. The highest BCUT2D eigenvalue weighted by atomic mass is 15.3. The molecule has 1 atom stereocenters. The predicted molar refractivity (Wildman–Crippen MR) is 94.6 cm³/mol. The minimum Gasteiger partial charge on any atom is -0.306 e. The van der Waals surface area contributed by atoms with Crippen LogP contribution in [0.25, 0.3) is 0 Å². The molecule has 3 aromatic rings. The van der Waals surface area contributed by atoms with Gasteiger partial charge in [-0.2, -0.15) is 5.10 Å². The van der Waals surface area contributed by atoms with Crippen molar-refractivity contribution < 1.29 is 0 Å². The first-order valence-corrected chi connectivity index (χ1v) is 8.51. The molecule has 4 nitrogen and oxygen atoms in total. The summed E-state index contributed by atoms with van der Waals surface area (Å²) in [5, 5.41) is 7.91. The van der Waals surface area contributed by atoms with Gasteiger partial charge in [0.25, 0.3) is 0 Å². The third kappa shape index (κ3) is 3.24. The summed E-state index contributed by atoms with van der Waals surface area (Å²) in [6.07, 6.45) is 5.70. The topological polar surface area (TPSA) is 42.7 Å². The van der Waals surface area contributed by atoms with Crippen molar-refractivity contribution in [2.45, 2.75) is 38.9 Å². The molecular weight excluding hydrogens is 296 g/mol. The lowest BCUT2D eigenvalue weighted by Gasteiger charge is -2.15. The molecule has 4 rings (SSSR count). The zero-order chi connectivity index (χ0) is 16.4. The van der Waals surface area contributed by atoms with Crippen LogP contribution in [0.3, 0.4) is 0 Å². The highest BCUT2D eigenvalue weighted by molar-refractivity contribution is 5.37. The van der Waals surface area contributed by atoms with Gasteiger partial charge in [0, 0.05) is 12.6 Å². The van der Waals surface area contributed by atoms with Crippen LogP contribution in [-0.4, -0.2) is 14.8 Å². The Balaban J connectivity index is 1.43. The van der Waals surface area contributed by atoms with Crippen LogP contribution in [0.1, 0.15) is 40.3 Å². The molecule has 122 valence electrons. The minimum absolute atomic E-state index is 0.471. The summed E-state index contributed by atoms with van der Waals surface area (Å²) in [5.74, 6) is 0. The van der Waals surface area contributed by atoms with Crippen molar-refractivity contribution in [2.75, 3.05) is 0 Å². The van der Waals surface area contributed by atoms with Crippen LogP contribution in [0.4, 0.5) is 0 Å². The molecule has 0 bridgehead atoms. The zero-order valence-corrected chi connectivity index (χ0v) is 13.9. The highest BCUT2D eigenvalue weighted by Gasteiger charge is 2.21. The Labute approximate surface area is 142 Å². The normalized spacial score (nSPS) is 16.3. The van der Waals surface area contributed by atoms with E-state index in [2.05, 4.69) is 64.8 Å². The third-order valence-electron chi connectivity index (χ3n) is 4.73. The van der Waals surface area contributed by atoms with Crippen molar-refractivity contribution in [3.05, 3.63) is 82.9 Å². The molecular formula is C20H22N4. The SMILES string of the molecule is Cc1ccc2c(c1)[C@@H](NCc1cccc(Cn3cncn3)c1)CC2. The summed E-state index contributed by atoms with van der Waals surface area (Å²) in [6.45, 7) is 3.83. The second kappa shape index (κ2) is 6.57. The molecule has 0 amide bonds. The van der Waals surface area contributed by atoms with E-state index in [0.717, 1.165) is 13.1 Å². The Morgan fingerprint density at radius 3 is 2.96 bits per heavy atom. The van der Waals surface area contributed by atoms with E-state index in [1.54, 1.807) is 12.7 Å². The molecule has 0 radical (unpaired) electrons. The maximum atomic E-state index is 4.17. The smallest absolute Gasteiger partial charge is 0.137 e. The molecule has 1 aliphatic rings. The van der Waals surface area contributed by atoms with Crippen LogP contribution in [0.15, 0.2) is 55.1 Å².